The minimum Gasteiger partial charge on any atom is -0.387 e. The Morgan fingerprint density at radius 2 is 1.66 bits per heavy atom. The minimum absolute atomic E-state index is 0.0144. The number of hydrogen-bond donors (Lipinski definition) is 4. The van der Waals surface area contributed by atoms with Crippen LogP contribution in [0.15, 0.2) is 6.20 Å². The summed E-state index contributed by atoms with van der Waals surface area (Å²) in [7, 11) is -4.41. The van der Waals surface area contributed by atoms with E-state index in [0.29, 0.717) is 82.2 Å². The number of aliphatic hydroxyl groups excluding tert-OH is 2. The van der Waals surface area contributed by atoms with E-state index < -0.39 is 38.5 Å². The van der Waals surface area contributed by atoms with Crippen molar-refractivity contribution in [3.63, 3.8) is 0 Å². The van der Waals surface area contributed by atoms with Crippen LogP contribution in [-0.4, -0.2) is 149 Å². The lowest BCUT2D eigenvalue weighted by Crippen LogP contribution is -2.36. The average Bonchev–Trinajstić information content (AvgIpc) is 3.79. The van der Waals surface area contributed by atoms with Crippen LogP contribution in [0.4, 0.5) is 5.82 Å². The first-order chi connectivity index (χ1) is 22.7. The molecular weight excluding hydrogens is 665 g/mol. The molecule has 17 nitrogen and oxygen atoms in total. The first-order valence-electron chi connectivity index (χ1n) is 15.3. The van der Waals surface area contributed by atoms with Gasteiger partial charge in [0, 0.05) is 12.5 Å². The number of aromatic nitrogens is 4. The van der Waals surface area contributed by atoms with Crippen LogP contribution in [0.25, 0.3) is 11.0 Å². The third kappa shape index (κ3) is 9.37. The predicted molar refractivity (Wildman–Crippen MR) is 165 cm³/mol. The highest BCUT2D eigenvalue weighted by Crippen LogP contribution is 2.44. The van der Waals surface area contributed by atoms with Crippen LogP contribution >= 0.6 is 19.2 Å². The Labute approximate surface area is 276 Å². The minimum atomic E-state index is -4.41. The molecular formula is C28H41ClN5O12P. The molecule has 1 saturated carbocycles. The Morgan fingerprint density at radius 1 is 0.979 bits per heavy atom. The molecule has 1 aliphatic carbocycles. The second kappa shape index (κ2) is 17.1. The Hall–Kier alpha value is -2.01. The highest BCUT2D eigenvalue weighted by molar-refractivity contribution is 7.51. The van der Waals surface area contributed by atoms with E-state index in [1.165, 1.54) is 4.68 Å². The van der Waals surface area contributed by atoms with Crippen molar-refractivity contribution in [2.45, 2.75) is 49.5 Å². The zero-order valence-electron chi connectivity index (χ0n) is 25.7. The molecule has 2 aromatic heterocycles. The molecule has 7 atom stereocenters. The maximum absolute atomic E-state index is 11.1. The molecule has 0 spiro atoms. The van der Waals surface area contributed by atoms with Crippen LogP contribution in [0, 0.1) is 18.3 Å². The molecule has 0 aromatic carbocycles. The molecule has 2 saturated heterocycles. The van der Waals surface area contributed by atoms with Gasteiger partial charge in [0.2, 0.25) is 5.28 Å². The van der Waals surface area contributed by atoms with Crippen LogP contribution in [0.5, 0.6) is 0 Å². The van der Waals surface area contributed by atoms with Crippen molar-refractivity contribution in [1.29, 1.82) is 0 Å². The number of hydrogen-bond acceptors (Lipinski definition) is 14. The average molecular weight is 706 g/mol. The number of terminal acetylenes is 1. The summed E-state index contributed by atoms with van der Waals surface area (Å²) >= 11 is 6.37. The maximum atomic E-state index is 11.1. The van der Waals surface area contributed by atoms with Crippen LogP contribution in [0.2, 0.25) is 5.28 Å². The van der Waals surface area contributed by atoms with E-state index in [1.807, 2.05) is 0 Å². The van der Waals surface area contributed by atoms with Gasteiger partial charge >= 0.3 is 7.60 Å². The summed E-state index contributed by atoms with van der Waals surface area (Å²) in [4.78, 5) is 29.1. The van der Waals surface area contributed by atoms with E-state index in [1.54, 1.807) is 6.20 Å². The van der Waals surface area contributed by atoms with Gasteiger partial charge in [-0.05, 0) is 24.4 Å². The number of fused-ring (bicyclic) bond motifs is 3. The van der Waals surface area contributed by atoms with E-state index in [-0.39, 0.29) is 30.6 Å². The van der Waals surface area contributed by atoms with Crippen LogP contribution in [0.1, 0.15) is 19.1 Å². The molecule has 2 aromatic rings. The third-order valence-corrected chi connectivity index (χ3v) is 8.83. The number of halogens is 1. The monoisotopic (exact) mass is 705 g/mol. The van der Waals surface area contributed by atoms with Gasteiger partial charge in [-0.1, -0.05) is 5.92 Å². The van der Waals surface area contributed by atoms with Gasteiger partial charge in [0.25, 0.3) is 0 Å². The molecule has 3 fully saturated rings. The largest absolute Gasteiger partial charge is 0.387 e. The molecule has 19 heteroatoms. The standard InChI is InChI=1S/C28H41ClN5O12P/c1-2-5-40-6-7-41-8-9-42-10-11-43-12-13-45-24-18-3-4-20(24)33(15-18)25-19-14-30-34(26(19)32-28(29)31-25)27-23(36)22(35)21(46-27)16-44-17-47(37,38)39/h1,14,18,20-24,27,35-36H,3-13,15-17H2,(H2,37,38,39)/t18-,20?,21-,22-,23-,24-,27-/m1/s1. The first kappa shape index (κ1) is 36.3. The number of aliphatic hydroxyl groups is 2. The quantitative estimate of drug-likeness (QED) is 0.0615. The maximum Gasteiger partial charge on any atom is 0.350 e. The Balaban J connectivity index is 1.10. The van der Waals surface area contributed by atoms with Crippen LogP contribution in [-0.2, 0) is 37.7 Å². The van der Waals surface area contributed by atoms with Crippen molar-refractivity contribution < 1.29 is 57.7 Å². The zero-order valence-corrected chi connectivity index (χ0v) is 27.4. The van der Waals surface area contributed by atoms with Crippen molar-refractivity contribution in [2.75, 3.05) is 83.9 Å². The van der Waals surface area contributed by atoms with E-state index >= 15 is 0 Å². The van der Waals surface area contributed by atoms with Gasteiger partial charge in [-0.2, -0.15) is 15.1 Å². The fraction of sp³-hybridized carbons (Fsp3) is 0.750. The number of rotatable bonds is 20. The SMILES string of the molecule is C#CCOCCOCCOCCOCCO[C@H]1C2CC[C@@H]1CN2c1nc(Cl)nc2c1cnn2[C@@H]1O[C@H](COCP(=O)(O)O)[C@@H](O)[C@H]1O. The van der Waals surface area contributed by atoms with Gasteiger partial charge in [-0.25, -0.2) is 4.68 Å². The highest BCUT2D eigenvalue weighted by Gasteiger charge is 2.49. The van der Waals surface area contributed by atoms with E-state index in [4.69, 9.17) is 61.0 Å². The lowest BCUT2D eigenvalue weighted by Gasteiger charge is -2.29. The van der Waals surface area contributed by atoms with Crippen molar-refractivity contribution >= 4 is 36.0 Å². The number of ether oxygens (including phenoxy) is 7. The summed E-state index contributed by atoms with van der Waals surface area (Å²) < 4.78 is 51.2. The molecule has 1 unspecified atom stereocenters. The van der Waals surface area contributed by atoms with Crippen LogP contribution < -0.4 is 4.90 Å². The lowest BCUT2D eigenvalue weighted by atomic mass is 10.1. The van der Waals surface area contributed by atoms with E-state index in [9.17, 15) is 14.8 Å². The van der Waals surface area contributed by atoms with Gasteiger partial charge in [0.05, 0.1) is 83.2 Å². The summed E-state index contributed by atoms with van der Waals surface area (Å²) in [5.41, 5.74) is 0.296. The van der Waals surface area contributed by atoms with Crippen molar-refractivity contribution in [3.8, 4) is 12.3 Å². The molecule has 3 aliphatic rings. The third-order valence-electron chi connectivity index (χ3n) is 8.15. The zero-order chi connectivity index (χ0) is 33.4. The molecule has 47 heavy (non-hydrogen) atoms. The molecule has 0 amide bonds. The summed E-state index contributed by atoms with van der Waals surface area (Å²) in [6.07, 6.45) is 2.71. The number of piperidine rings is 1. The van der Waals surface area contributed by atoms with Crippen molar-refractivity contribution in [2.24, 2.45) is 5.92 Å². The fourth-order valence-electron chi connectivity index (χ4n) is 6.12. The summed E-state index contributed by atoms with van der Waals surface area (Å²) in [5, 5.41) is 26.2. The Morgan fingerprint density at radius 3 is 2.34 bits per heavy atom. The molecule has 5 rings (SSSR count). The summed E-state index contributed by atoms with van der Waals surface area (Å²) in [5.74, 6) is 3.27. The van der Waals surface area contributed by atoms with Gasteiger partial charge in [-0.15, -0.1) is 6.42 Å². The summed E-state index contributed by atoms with van der Waals surface area (Å²) in [6.45, 7) is 4.23. The molecule has 262 valence electrons. The highest BCUT2D eigenvalue weighted by atomic mass is 35.5. The topological polar surface area (TPSA) is 209 Å². The molecule has 4 N–H and O–H groups in total. The second-order valence-electron chi connectivity index (χ2n) is 11.3. The van der Waals surface area contributed by atoms with Gasteiger partial charge < -0.3 is 58.1 Å². The second-order valence-corrected chi connectivity index (χ2v) is 13.3. The summed E-state index contributed by atoms with van der Waals surface area (Å²) in [6, 6.07) is 0.0588. The lowest BCUT2D eigenvalue weighted by molar-refractivity contribution is -0.0658. The fourth-order valence-corrected chi connectivity index (χ4v) is 6.62. The van der Waals surface area contributed by atoms with Gasteiger partial charge in [-0.3, -0.25) is 4.57 Å². The molecule has 0 radical (unpaired) electrons. The van der Waals surface area contributed by atoms with Crippen molar-refractivity contribution in [1.82, 2.24) is 19.7 Å². The molecule has 4 heterocycles. The first-order valence-corrected chi connectivity index (χ1v) is 17.5. The normalized spacial score (nSPS) is 27.3. The van der Waals surface area contributed by atoms with Gasteiger partial charge in [0.1, 0.15) is 37.1 Å². The van der Waals surface area contributed by atoms with Crippen molar-refractivity contribution in [3.05, 3.63) is 11.5 Å². The molecule has 2 bridgehead atoms. The van der Waals surface area contributed by atoms with Gasteiger partial charge in [0.15, 0.2) is 11.9 Å². The van der Waals surface area contributed by atoms with Crippen LogP contribution in [0.3, 0.4) is 0 Å². The molecule has 2 aliphatic heterocycles. The number of anilines is 1. The smallest absolute Gasteiger partial charge is 0.350 e. The number of nitrogens with zero attached hydrogens (tertiary/aromatic N) is 5. The predicted octanol–water partition coefficient (Wildman–Crippen LogP) is -0.0659. The van der Waals surface area contributed by atoms with E-state index in [0.717, 1.165) is 12.8 Å². The van der Waals surface area contributed by atoms with E-state index in [2.05, 4.69) is 25.9 Å². The Kier molecular flexibility index (Phi) is 13.2. The Bertz CT molecular complexity index is 1390.